The molecular formula is C13H20ClFN2O2S. The van der Waals surface area contributed by atoms with Crippen LogP contribution in [0.3, 0.4) is 0 Å². The summed E-state index contributed by atoms with van der Waals surface area (Å²) in [6, 6.07) is 3.93. The van der Waals surface area contributed by atoms with Gasteiger partial charge < -0.3 is 5.73 Å². The molecule has 20 heavy (non-hydrogen) atoms. The van der Waals surface area contributed by atoms with Crippen molar-refractivity contribution in [1.29, 1.82) is 0 Å². The molecule has 1 aromatic carbocycles. The van der Waals surface area contributed by atoms with Crippen molar-refractivity contribution >= 4 is 22.4 Å². The summed E-state index contributed by atoms with van der Waals surface area (Å²) in [4.78, 5) is 0.112. The Kier molecular flexibility index (Phi) is 5.94. The molecule has 1 aromatic rings. The number of sulfonamides is 1. The van der Waals surface area contributed by atoms with Gasteiger partial charge in [0, 0.05) is 12.1 Å². The van der Waals surface area contributed by atoms with Gasteiger partial charge in [0.25, 0.3) is 0 Å². The topological polar surface area (TPSA) is 72.2 Å². The Morgan fingerprint density at radius 2 is 1.85 bits per heavy atom. The van der Waals surface area contributed by atoms with Crippen LogP contribution in [0.2, 0.25) is 0 Å². The minimum atomic E-state index is -3.57. The van der Waals surface area contributed by atoms with E-state index in [9.17, 15) is 12.8 Å². The monoisotopic (exact) mass is 322 g/mol. The highest BCUT2D eigenvalue weighted by Gasteiger charge is 2.24. The van der Waals surface area contributed by atoms with E-state index >= 15 is 0 Å². The van der Waals surface area contributed by atoms with E-state index in [4.69, 9.17) is 5.73 Å². The maximum atomic E-state index is 13.2. The third kappa shape index (κ3) is 4.15. The van der Waals surface area contributed by atoms with Crippen LogP contribution in [0.25, 0.3) is 0 Å². The fraction of sp³-hybridized carbons (Fsp3) is 0.538. The summed E-state index contributed by atoms with van der Waals surface area (Å²) in [5, 5.41) is 0. The van der Waals surface area contributed by atoms with Crippen LogP contribution in [-0.2, 0) is 10.0 Å². The predicted molar refractivity (Wildman–Crippen MR) is 78.9 cm³/mol. The van der Waals surface area contributed by atoms with Crippen molar-refractivity contribution in [3.05, 3.63) is 29.6 Å². The summed E-state index contributed by atoms with van der Waals surface area (Å²) >= 11 is 0. The van der Waals surface area contributed by atoms with Crippen molar-refractivity contribution in [3.8, 4) is 0 Å². The van der Waals surface area contributed by atoms with Crippen LogP contribution >= 0.6 is 12.4 Å². The van der Waals surface area contributed by atoms with Gasteiger partial charge >= 0.3 is 0 Å². The second-order valence-corrected chi connectivity index (χ2v) is 6.86. The first kappa shape index (κ1) is 17.4. The van der Waals surface area contributed by atoms with Crippen molar-refractivity contribution in [3.63, 3.8) is 0 Å². The average Bonchev–Trinajstić information content (AvgIpc) is 2.35. The molecule has 1 aliphatic rings. The standard InChI is InChI=1S/C13H19FN2O2S.ClH/c1-9-8-12(6-7-13(9)14)19(17,18)16-11-4-2-10(15)3-5-11;/h6-8,10-11,16H,2-5,15H2,1H3;1H. The zero-order valence-corrected chi connectivity index (χ0v) is 12.9. The third-order valence-electron chi connectivity index (χ3n) is 3.53. The van der Waals surface area contributed by atoms with Gasteiger partial charge in [-0.25, -0.2) is 17.5 Å². The predicted octanol–water partition coefficient (Wildman–Crippen LogP) is 2.10. The van der Waals surface area contributed by atoms with Crippen molar-refractivity contribution in [1.82, 2.24) is 4.72 Å². The number of nitrogens with two attached hydrogens (primary N) is 1. The smallest absolute Gasteiger partial charge is 0.240 e. The molecule has 0 amide bonds. The van der Waals surface area contributed by atoms with E-state index in [1.165, 1.54) is 18.2 Å². The van der Waals surface area contributed by atoms with Gasteiger partial charge in [0.05, 0.1) is 4.90 Å². The number of hydrogen-bond donors (Lipinski definition) is 2. The molecule has 2 rings (SSSR count). The molecule has 0 aromatic heterocycles. The Hall–Kier alpha value is -0.690. The number of benzene rings is 1. The lowest BCUT2D eigenvalue weighted by Crippen LogP contribution is -2.40. The average molecular weight is 323 g/mol. The SMILES string of the molecule is Cc1cc(S(=O)(=O)NC2CCC(N)CC2)ccc1F.Cl. The van der Waals surface area contributed by atoms with Crippen LogP contribution in [0.1, 0.15) is 31.2 Å². The molecule has 0 radical (unpaired) electrons. The molecule has 4 nitrogen and oxygen atoms in total. The second kappa shape index (κ2) is 6.85. The highest BCUT2D eigenvalue weighted by atomic mass is 35.5. The number of rotatable bonds is 3. The van der Waals surface area contributed by atoms with E-state index in [2.05, 4.69) is 4.72 Å². The van der Waals surface area contributed by atoms with Crippen LogP contribution in [0, 0.1) is 12.7 Å². The van der Waals surface area contributed by atoms with Crippen LogP contribution in [0.15, 0.2) is 23.1 Å². The minimum absolute atomic E-state index is 0. The van der Waals surface area contributed by atoms with Gasteiger partial charge in [0.1, 0.15) is 5.82 Å². The maximum Gasteiger partial charge on any atom is 0.240 e. The first-order valence-corrected chi connectivity index (χ1v) is 7.91. The molecule has 0 bridgehead atoms. The highest BCUT2D eigenvalue weighted by molar-refractivity contribution is 7.89. The van der Waals surface area contributed by atoms with Crippen LogP contribution < -0.4 is 10.5 Å². The van der Waals surface area contributed by atoms with Gasteiger partial charge in [0.2, 0.25) is 10.0 Å². The van der Waals surface area contributed by atoms with Gasteiger partial charge in [-0.3, -0.25) is 0 Å². The Balaban J connectivity index is 0.00000200. The van der Waals surface area contributed by atoms with E-state index in [-0.39, 0.29) is 29.4 Å². The third-order valence-corrected chi connectivity index (χ3v) is 5.05. The normalized spacial score (nSPS) is 23.1. The Morgan fingerprint density at radius 3 is 2.40 bits per heavy atom. The molecule has 0 unspecified atom stereocenters. The zero-order valence-electron chi connectivity index (χ0n) is 11.3. The number of hydrogen-bond acceptors (Lipinski definition) is 3. The molecule has 1 aliphatic carbocycles. The molecule has 114 valence electrons. The van der Waals surface area contributed by atoms with Gasteiger partial charge in [-0.2, -0.15) is 0 Å². The van der Waals surface area contributed by atoms with Crippen molar-refractivity contribution in [2.24, 2.45) is 5.73 Å². The molecule has 0 aliphatic heterocycles. The van der Waals surface area contributed by atoms with Gasteiger partial charge in [-0.15, -0.1) is 12.4 Å². The summed E-state index contributed by atoms with van der Waals surface area (Å²) in [5.41, 5.74) is 6.12. The fourth-order valence-corrected chi connectivity index (χ4v) is 3.70. The summed E-state index contributed by atoms with van der Waals surface area (Å²) in [7, 11) is -3.57. The van der Waals surface area contributed by atoms with Crippen molar-refractivity contribution in [2.45, 2.75) is 49.6 Å². The molecule has 3 N–H and O–H groups in total. The molecule has 7 heteroatoms. The quantitative estimate of drug-likeness (QED) is 0.895. The van der Waals surface area contributed by atoms with E-state index in [1.807, 2.05) is 0 Å². The molecule has 1 saturated carbocycles. The van der Waals surface area contributed by atoms with Gasteiger partial charge in [-0.1, -0.05) is 0 Å². The summed E-state index contributed by atoms with van der Waals surface area (Å²) in [5.74, 6) is -0.400. The highest BCUT2D eigenvalue weighted by Crippen LogP contribution is 2.20. The molecule has 0 spiro atoms. The first-order chi connectivity index (χ1) is 8.88. The van der Waals surface area contributed by atoms with Crippen LogP contribution in [0.5, 0.6) is 0 Å². The summed E-state index contributed by atoms with van der Waals surface area (Å²) in [6.07, 6.45) is 3.16. The van der Waals surface area contributed by atoms with E-state index in [0.717, 1.165) is 25.7 Å². The molecular weight excluding hydrogens is 303 g/mol. The molecule has 0 atom stereocenters. The number of halogens is 2. The Bertz CT molecular complexity index is 557. The Labute approximate surface area is 125 Å². The summed E-state index contributed by atoms with van der Waals surface area (Å²) < 4.78 is 40.2. The summed E-state index contributed by atoms with van der Waals surface area (Å²) in [6.45, 7) is 1.55. The Morgan fingerprint density at radius 1 is 1.25 bits per heavy atom. The first-order valence-electron chi connectivity index (χ1n) is 6.42. The van der Waals surface area contributed by atoms with Gasteiger partial charge in [-0.05, 0) is 56.4 Å². The molecule has 1 fully saturated rings. The van der Waals surface area contributed by atoms with E-state index < -0.39 is 15.8 Å². The fourth-order valence-electron chi connectivity index (χ4n) is 2.31. The molecule has 0 saturated heterocycles. The van der Waals surface area contributed by atoms with Crippen molar-refractivity contribution in [2.75, 3.05) is 0 Å². The van der Waals surface area contributed by atoms with Gasteiger partial charge in [0.15, 0.2) is 0 Å². The van der Waals surface area contributed by atoms with Crippen LogP contribution in [0.4, 0.5) is 4.39 Å². The lowest BCUT2D eigenvalue weighted by atomic mass is 9.93. The largest absolute Gasteiger partial charge is 0.328 e. The lowest BCUT2D eigenvalue weighted by Gasteiger charge is -2.26. The second-order valence-electron chi connectivity index (χ2n) is 5.14. The minimum Gasteiger partial charge on any atom is -0.328 e. The number of aryl methyl sites for hydroxylation is 1. The van der Waals surface area contributed by atoms with Crippen LogP contribution in [-0.4, -0.2) is 20.5 Å². The zero-order chi connectivity index (χ0) is 14.0. The molecule has 0 heterocycles. The lowest BCUT2D eigenvalue weighted by molar-refractivity contribution is 0.373. The maximum absolute atomic E-state index is 13.2. The van der Waals surface area contributed by atoms with Crippen molar-refractivity contribution < 1.29 is 12.8 Å². The number of nitrogens with one attached hydrogen (secondary N) is 1. The van der Waals surface area contributed by atoms with E-state index in [0.29, 0.717) is 5.56 Å². The van der Waals surface area contributed by atoms with E-state index in [1.54, 1.807) is 6.92 Å².